The number of ketones is 1. The number of allylic oxidation sites excluding steroid dienone is 1. The van der Waals surface area contributed by atoms with Crippen LogP contribution in [0.4, 0.5) is 13.2 Å². The van der Waals surface area contributed by atoms with Crippen LogP contribution in [0.15, 0.2) is 60.2 Å². The van der Waals surface area contributed by atoms with Crippen LogP contribution in [0.1, 0.15) is 27.3 Å². The third kappa shape index (κ3) is 4.28. The molecular formula is C23H17F3N2O2. The Morgan fingerprint density at radius 1 is 1.13 bits per heavy atom. The third-order valence-corrected chi connectivity index (χ3v) is 4.56. The van der Waals surface area contributed by atoms with E-state index in [1.807, 2.05) is 6.07 Å². The van der Waals surface area contributed by atoms with Gasteiger partial charge in [0, 0.05) is 28.2 Å². The largest absolute Gasteiger partial charge is 0.434 e. The van der Waals surface area contributed by atoms with E-state index in [9.17, 15) is 23.2 Å². The summed E-state index contributed by atoms with van der Waals surface area (Å²) in [5.74, 6) is -1.06. The molecule has 0 aliphatic heterocycles. The van der Waals surface area contributed by atoms with E-state index in [1.165, 1.54) is 36.4 Å². The van der Waals surface area contributed by atoms with Gasteiger partial charge in [-0.15, -0.1) is 0 Å². The molecule has 2 aromatic carbocycles. The SMILES string of the molecule is Cc1cc(C(=O)C(C#N)=Cc2ccccc2OC(F)F)c(C)n1-c1ccc(F)cc1. The van der Waals surface area contributed by atoms with Crippen molar-refractivity contribution in [1.82, 2.24) is 4.57 Å². The van der Waals surface area contributed by atoms with Crippen LogP contribution in [0.2, 0.25) is 0 Å². The molecule has 0 aliphatic carbocycles. The van der Waals surface area contributed by atoms with Crippen LogP contribution in [0, 0.1) is 31.0 Å². The molecule has 7 heteroatoms. The molecule has 0 radical (unpaired) electrons. The number of ether oxygens (including phenoxy) is 1. The van der Waals surface area contributed by atoms with Gasteiger partial charge >= 0.3 is 6.61 Å². The zero-order valence-electron chi connectivity index (χ0n) is 16.2. The molecule has 0 N–H and O–H groups in total. The molecule has 0 amide bonds. The van der Waals surface area contributed by atoms with E-state index in [1.54, 1.807) is 42.7 Å². The number of nitriles is 1. The molecule has 0 saturated carbocycles. The number of halogens is 3. The van der Waals surface area contributed by atoms with Crippen LogP contribution in [-0.2, 0) is 0 Å². The quantitative estimate of drug-likeness (QED) is 0.301. The number of para-hydroxylation sites is 1. The Labute approximate surface area is 171 Å². The second-order valence-electron chi connectivity index (χ2n) is 6.51. The lowest BCUT2D eigenvalue weighted by molar-refractivity contribution is -0.0499. The van der Waals surface area contributed by atoms with Gasteiger partial charge in [-0.25, -0.2) is 4.39 Å². The predicted octanol–water partition coefficient (Wildman–Crippen LogP) is 5.62. The summed E-state index contributed by atoms with van der Waals surface area (Å²) < 4.78 is 44.7. The molecular weight excluding hydrogens is 393 g/mol. The second kappa shape index (κ2) is 8.70. The highest BCUT2D eigenvalue weighted by Crippen LogP contribution is 2.26. The topological polar surface area (TPSA) is 55.0 Å². The monoisotopic (exact) mass is 410 g/mol. The van der Waals surface area contributed by atoms with Crippen molar-refractivity contribution in [3.8, 4) is 17.5 Å². The molecule has 1 heterocycles. The molecule has 1 aromatic heterocycles. The van der Waals surface area contributed by atoms with Gasteiger partial charge in [-0.1, -0.05) is 18.2 Å². The minimum absolute atomic E-state index is 0.134. The number of alkyl halides is 2. The zero-order valence-corrected chi connectivity index (χ0v) is 16.2. The molecule has 0 saturated heterocycles. The first-order valence-electron chi connectivity index (χ1n) is 8.97. The number of aryl methyl sites for hydroxylation is 1. The lowest BCUT2D eigenvalue weighted by atomic mass is 10.0. The molecule has 4 nitrogen and oxygen atoms in total. The number of hydrogen-bond donors (Lipinski definition) is 0. The Kier molecular flexibility index (Phi) is 6.07. The number of rotatable bonds is 6. The van der Waals surface area contributed by atoms with Gasteiger partial charge in [0.15, 0.2) is 0 Å². The van der Waals surface area contributed by atoms with Gasteiger partial charge in [-0.2, -0.15) is 14.0 Å². The summed E-state index contributed by atoms with van der Waals surface area (Å²) in [6.07, 6.45) is 1.23. The highest BCUT2D eigenvalue weighted by Gasteiger charge is 2.21. The standard InChI is InChI=1S/C23H17F3N2O2/c1-14-11-20(15(2)28(14)19-9-7-18(24)8-10-19)22(29)17(13-27)12-16-5-3-4-6-21(16)30-23(25)26/h3-12,23H,1-2H3. The van der Waals surface area contributed by atoms with Crippen LogP contribution < -0.4 is 4.74 Å². The van der Waals surface area contributed by atoms with Gasteiger partial charge in [0.05, 0.1) is 0 Å². The summed E-state index contributed by atoms with van der Waals surface area (Å²) in [4.78, 5) is 13.0. The van der Waals surface area contributed by atoms with Crippen molar-refractivity contribution in [2.24, 2.45) is 0 Å². The van der Waals surface area contributed by atoms with Crippen LogP contribution >= 0.6 is 0 Å². The van der Waals surface area contributed by atoms with Gasteiger partial charge in [-0.05, 0) is 56.3 Å². The van der Waals surface area contributed by atoms with Crippen molar-refractivity contribution in [3.05, 3.63) is 88.5 Å². The number of hydrogen-bond acceptors (Lipinski definition) is 3. The van der Waals surface area contributed by atoms with E-state index in [0.717, 1.165) is 5.69 Å². The zero-order chi connectivity index (χ0) is 21.8. The lowest BCUT2D eigenvalue weighted by Gasteiger charge is -2.10. The van der Waals surface area contributed by atoms with Crippen molar-refractivity contribution < 1.29 is 22.7 Å². The fourth-order valence-electron chi connectivity index (χ4n) is 3.23. The summed E-state index contributed by atoms with van der Waals surface area (Å²) in [6.45, 7) is 0.469. The van der Waals surface area contributed by atoms with Gasteiger partial charge in [0.25, 0.3) is 0 Å². The van der Waals surface area contributed by atoms with Gasteiger partial charge in [0.2, 0.25) is 5.78 Å². The Morgan fingerprint density at radius 3 is 2.43 bits per heavy atom. The van der Waals surface area contributed by atoms with Crippen molar-refractivity contribution >= 4 is 11.9 Å². The van der Waals surface area contributed by atoms with E-state index in [2.05, 4.69) is 4.74 Å². The number of nitrogens with zero attached hydrogens (tertiary/aromatic N) is 2. The summed E-state index contributed by atoms with van der Waals surface area (Å²) in [5, 5.41) is 9.53. The Hall–Kier alpha value is -3.79. The molecule has 0 bridgehead atoms. The predicted molar refractivity (Wildman–Crippen MR) is 106 cm³/mol. The molecule has 3 aromatic rings. The average molecular weight is 410 g/mol. The van der Waals surface area contributed by atoms with Gasteiger partial charge in [-0.3, -0.25) is 4.79 Å². The maximum absolute atomic E-state index is 13.2. The average Bonchev–Trinajstić information content (AvgIpc) is 3.01. The number of Topliss-reactive ketones (excluding diaryl/α,β-unsaturated/α-hetero) is 1. The molecule has 0 unspecified atom stereocenters. The summed E-state index contributed by atoms with van der Waals surface area (Å²) in [5.41, 5.74) is 2.22. The maximum atomic E-state index is 13.2. The molecule has 0 aliphatic rings. The smallest absolute Gasteiger partial charge is 0.387 e. The minimum Gasteiger partial charge on any atom is -0.434 e. The fourth-order valence-corrected chi connectivity index (χ4v) is 3.23. The van der Waals surface area contributed by atoms with Gasteiger partial charge in [0.1, 0.15) is 23.2 Å². The second-order valence-corrected chi connectivity index (χ2v) is 6.51. The van der Waals surface area contributed by atoms with E-state index in [4.69, 9.17) is 0 Å². The normalized spacial score (nSPS) is 11.4. The Bertz CT molecular complexity index is 1160. The number of benzene rings is 2. The molecule has 0 fully saturated rings. The minimum atomic E-state index is -3.03. The highest BCUT2D eigenvalue weighted by atomic mass is 19.3. The molecule has 152 valence electrons. The highest BCUT2D eigenvalue weighted by molar-refractivity contribution is 6.15. The van der Waals surface area contributed by atoms with E-state index >= 15 is 0 Å². The molecule has 0 atom stereocenters. The third-order valence-electron chi connectivity index (χ3n) is 4.56. The summed E-state index contributed by atoms with van der Waals surface area (Å²) >= 11 is 0. The van der Waals surface area contributed by atoms with Crippen molar-refractivity contribution in [3.63, 3.8) is 0 Å². The van der Waals surface area contributed by atoms with Crippen molar-refractivity contribution in [2.45, 2.75) is 20.5 Å². The van der Waals surface area contributed by atoms with E-state index < -0.39 is 12.4 Å². The fraction of sp³-hybridized carbons (Fsp3) is 0.130. The first-order valence-corrected chi connectivity index (χ1v) is 8.97. The molecule has 3 rings (SSSR count). The molecule has 0 spiro atoms. The van der Waals surface area contributed by atoms with Crippen LogP contribution in [0.5, 0.6) is 5.75 Å². The first-order chi connectivity index (χ1) is 14.3. The number of carbonyl (C=O) groups is 1. The maximum Gasteiger partial charge on any atom is 0.387 e. The first kappa shape index (κ1) is 20.9. The van der Waals surface area contributed by atoms with Gasteiger partial charge < -0.3 is 9.30 Å². The summed E-state index contributed by atoms with van der Waals surface area (Å²) in [7, 11) is 0. The van der Waals surface area contributed by atoms with Crippen molar-refractivity contribution in [2.75, 3.05) is 0 Å². The van der Waals surface area contributed by atoms with Crippen LogP contribution in [0.25, 0.3) is 11.8 Å². The lowest BCUT2D eigenvalue weighted by Crippen LogP contribution is -2.06. The number of carbonyl (C=O) groups excluding carboxylic acids is 1. The Morgan fingerprint density at radius 2 is 1.80 bits per heavy atom. The molecule has 30 heavy (non-hydrogen) atoms. The van der Waals surface area contributed by atoms with E-state index in [-0.39, 0.29) is 28.3 Å². The Balaban J connectivity index is 2.02. The summed E-state index contributed by atoms with van der Waals surface area (Å²) in [6, 6.07) is 15.2. The van der Waals surface area contributed by atoms with Crippen LogP contribution in [0.3, 0.4) is 0 Å². The van der Waals surface area contributed by atoms with Crippen molar-refractivity contribution in [1.29, 1.82) is 5.26 Å². The number of aromatic nitrogens is 1. The van der Waals surface area contributed by atoms with E-state index in [0.29, 0.717) is 11.4 Å². The van der Waals surface area contributed by atoms with Crippen LogP contribution in [-0.4, -0.2) is 17.0 Å².